The average molecular weight is 498 g/mol. The molecule has 13 heteroatoms. The van der Waals surface area contributed by atoms with E-state index in [1.54, 1.807) is 19.9 Å². The minimum absolute atomic E-state index is 0.0130. The van der Waals surface area contributed by atoms with Crippen LogP contribution in [0.1, 0.15) is 25.1 Å². The Hall–Kier alpha value is -3.45. The second kappa shape index (κ2) is 9.81. The van der Waals surface area contributed by atoms with Crippen LogP contribution in [0.4, 0.5) is 13.2 Å². The number of aromatic nitrogens is 3. The molecule has 0 aliphatic heterocycles. The molecule has 0 spiro atoms. The molecule has 34 heavy (non-hydrogen) atoms. The van der Waals surface area contributed by atoms with Crippen LogP contribution in [0.3, 0.4) is 0 Å². The average Bonchev–Trinajstić information content (AvgIpc) is 2.76. The Morgan fingerprint density at radius 2 is 1.94 bits per heavy atom. The highest BCUT2D eigenvalue weighted by Crippen LogP contribution is 2.25. The van der Waals surface area contributed by atoms with Crippen LogP contribution in [0, 0.1) is 5.82 Å². The van der Waals surface area contributed by atoms with Crippen LogP contribution in [-0.2, 0) is 22.1 Å². The third-order valence-corrected chi connectivity index (χ3v) is 6.38. The molecule has 0 aliphatic rings. The molecule has 0 atom stereocenters. The van der Waals surface area contributed by atoms with Gasteiger partial charge < -0.3 is 4.74 Å². The summed E-state index contributed by atoms with van der Waals surface area (Å²) in [6, 6.07) is 8.30. The van der Waals surface area contributed by atoms with Gasteiger partial charge in [0.25, 0.3) is 12.0 Å². The molecule has 0 bridgehead atoms. The molecule has 2 N–H and O–H groups in total. The molecule has 1 aromatic carbocycles. The maximum absolute atomic E-state index is 13.5. The summed E-state index contributed by atoms with van der Waals surface area (Å²) in [5, 5.41) is 0. The lowest BCUT2D eigenvalue weighted by Crippen LogP contribution is -2.41. The van der Waals surface area contributed by atoms with Crippen molar-refractivity contribution < 1.29 is 26.3 Å². The summed E-state index contributed by atoms with van der Waals surface area (Å²) >= 11 is 0. The van der Waals surface area contributed by atoms with Crippen LogP contribution in [0.2, 0.25) is 0 Å². The number of H-pyrrole nitrogens is 1. The maximum Gasteiger partial charge on any atom is 0.328 e. The number of rotatable bonds is 9. The zero-order chi connectivity index (χ0) is 25.1. The minimum atomic E-state index is -4.07. The quantitative estimate of drug-likeness (QED) is 0.465. The fraction of sp³-hybridized carbons (Fsp3) is 0.286. The summed E-state index contributed by atoms with van der Waals surface area (Å²) in [6.45, 7) is 2.21. The van der Waals surface area contributed by atoms with Crippen molar-refractivity contribution in [2.45, 2.75) is 37.3 Å². The molecule has 0 unspecified atom stereocenters. The molecule has 0 fully saturated rings. The Balaban J connectivity index is 1.77. The van der Waals surface area contributed by atoms with Crippen molar-refractivity contribution in [1.82, 2.24) is 19.3 Å². The zero-order valence-electron chi connectivity index (χ0n) is 18.1. The molecule has 0 saturated carbocycles. The van der Waals surface area contributed by atoms with E-state index >= 15 is 0 Å². The molecule has 182 valence electrons. The molecule has 0 amide bonds. The molecule has 2 heterocycles. The highest BCUT2D eigenvalue weighted by atomic mass is 32.2. The van der Waals surface area contributed by atoms with Crippen molar-refractivity contribution >= 4 is 10.0 Å². The monoisotopic (exact) mass is 498 g/mol. The Morgan fingerprint density at radius 3 is 2.59 bits per heavy atom. The highest BCUT2D eigenvalue weighted by molar-refractivity contribution is 7.89. The zero-order valence-corrected chi connectivity index (χ0v) is 18.9. The van der Waals surface area contributed by atoms with E-state index < -0.39 is 45.7 Å². The summed E-state index contributed by atoms with van der Waals surface area (Å²) in [4.78, 5) is 28.8. The van der Waals surface area contributed by atoms with Crippen LogP contribution in [-0.4, -0.2) is 36.0 Å². The van der Waals surface area contributed by atoms with Crippen LogP contribution in [0.15, 0.2) is 63.3 Å². The van der Waals surface area contributed by atoms with E-state index in [-0.39, 0.29) is 17.2 Å². The molecule has 9 nitrogen and oxygen atoms in total. The number of benzene rings is 1. The number of sulfonamides is 1. The van der Waals surface area contributed by atoms with Crippen LogP contribution in [0.5, 0.6) is 5.75 Å². The number of nitrogens with one attached hydrogen (secondary N) is 2. The third-order valence-electron chi connectivity index (χ3n) is 4.73. The molecule has 0 aliphatic carbocycles. The second-order valence-electron chi connectivity index (χ2n) is 7.81. The number of alkyl halides is 2. The number of aromatic amines is 1. The molecule has 2 aromatic heterocycles. The standard InChI is InChI=1S/C21H21F3N4O5S/c1-21(2,27-34(31,32)16-5-3-4-15(8-16)33-12-18(23)24)13-6-7-14(25-9-13)10-28-11-17(22)19(29)26-20(28)30/h3-9,11,18,27H,10,12H2,1-2H3,(H,26,29,30). The Kier molecular flexibility index (Phi) is 7.26. The minimum Gasteiger partial charge on any atom is -0.488 e. The predicted octanol–water partition coefficient (Wildman–Crippen LogP) is 1.98. The van der Waals surface area contributed by atoms with E-state index in [1.807, 2.05) is 4.98 Å². The van der Waals surface area contributed by atoms with E-state index in [0.717, 1.165) is 16.8 Å². The van der Waals surface area contributed by atoms with Crippen molar-refractivity contribution in [1.29, 1.82) is 0 Å². The van der Waals surface area contributed by atoms with Gasteiger partial charge in [-0.25, -0.2) is 26.7 Å². The fourth-order valence-electron chi connectivity index (χ4n) is 3.01. The smallest absolute Gasteiger partial charge is 0.328 e. The first-order chi connectivity index (χ1) is 15.9. The summed E-state index contributed by atoms with van der Waals surface area (Å²) < 4.78 is 72.3. The third kappa shape index (κ3) is 6.11. The first kappa shape index (κ1) is 25.2. The second-order valence-corrected chi connectivity index (χ2v) is 9.49. The molecular formula is C21H21F3N4O5S. The number of nitrogens with zero attached hydrogens (tertiary/aromatic N) is 2. The fourth-order valence-corrected chi connectivity index (χ4v) is 4.44. The number of hydrogen-bond donors (Lipinski definition) is 2. The van der Waals surface area contributed by atoms with Crippen molar-refractivity contribution in [2.24, 2.45) is 0 Å². The van der Waals surface area contributed by atoms with Crippen LogP contribution in [0.25, 0.3) is 0 Å². The summed E-state index contributed by atoms with van der Waals surface area (Å²) in [6.07, 6.45) is -0.532. The first-order valence-electron chi connectivity index (χ1n) is 9.87. The number of pyridine rings is 1. The first-order valence-corrected chi connectivity index (χ1v) is 11.4. The normalized spacial score (nSPS) is 12.2. The summed E-state index contributed by atoms with van der Waals surface area (Å²) in [7, 11) is -4.07. The molecule has 3 aromatic rings. The van der Waals surface area contributed by atoms with Crippen LogP contribution >= 0.6 is 0 Å². The number of halogens is 3. The van der Waals surface area contributed by atoms with Crippen molar-refractivity contribution in [3.05, 3.63) is 86.7 Å². The highest BCUT2D eigenvalue weighted by Gasteiger charge is 2.28. The van der Waals surface area contributed by atoms with Gasteiger partial charge in [0.15, 0.2) is 0 Å². The maximum atomic E-state index is 13.5. The van der Waals surface area contributed by atoms with Gasteiger partial charge in [-0.2, -0.15) is 4.39 Å². The Bertz CT molecular complexity index is 1390. The van der Waals surface area contributed by atoms with E-state index in [4.69, 9.17) is 4.74 Å². The lowest BCUT2D eigenvalue weighted by molar-refractivity contribution is 0.0818. The van der Waals surface area contributed by atoms with E-state index in [0.29, 0.717) is 11.3 Å². The Labute approximate surface area is 192 Å². The lowest BCUT2D eigenvalue weighted by Gasteiger charge is -2.26. The van der Waals surface area contributed by atoms with Gasteiger partial charge in [0, 0.05) is 12.3 Å². The molecular weight excluding hydrogens is 477 g/mol. The summed E-state index contributed by atoms with van der Waals surface area (Å²) in [5.74, 6) is -1.13. The van der Waals surface area contributed by atoms with Gasteiger partial charge in [0.05, 0.1) is 28.9 Å². The van der Waals surface area contributed by atoms with E-state index in [2.05, 4.69) is 9.71 Å². The molecule has 0 saturated heterocycles. The lowest BCUT2D eigenvalue weighted by atomic mass is 9.97. The van der Waals surface area contributed by atoms with Gasteiger partial charge in [-0.3, -0.25) is 19.3 Å². The predicted molar refractivity (Wildman–Crippen MR) is 116 cm³/mol. The number of hydrogen-bond acceptors (Lipinski definition) is 6. The van der Waals surface area contributed by atoms with Gasteiger partial charge in [0.1, 0.15) is 12.4 Å². The molecule has 0 radical (unpaired) electrons. The van der Waals surface area contributed by atoms with Crippen LogP contribution < -0.4 is 20.7 Å². The molecule has 3 rings (SSSR count). The van der Waals surface area contributed by atoms with E-state index in [9.17, 15) is 31.2 Å². The van der Waals surface area contributed by atoms with Crippen molar-refractivity contribution in [3.63, 3.8) is 0 Å². The van der Waals surface area contributed by atoms with Gasteiger partial charge in [-0.15, -0.1) is 0 Å². The van der Waals surface area contributed by atoms with Crippen molar-refractivity contribution in [3.8, 4) is 5.75 Å². The van der Waals surface area contributed by atoms with Gasteiger partial charge in [-0.05, 0) is 37.6 Å². The van der Waals surface area contributed by atoms with Crippen molar-refractivity contribution in [2.75, 3.05) is 6.61 Å². The van der Waals surface area contributed by atoms with Gasteiger partial charge in [-0.1, -0.05) is 12.1 Å². The SMILES string of the molecule is CC(C)(NS(=O)(=O)c1cccc(OCC(F)F)c1)c1ccc(Cn2cc(F)c(=O)[nH]c2=O)nc1. The van der Waals surface area contributed by atoms with Gasteiger partial charge in [0.2, 0.25) is 15.8 Å². The van der Waals surface area contributed by atoms with Gasteiger partial charge >= 0.3 is 5.69 Å². The topological polar surface area (TPSA) is 123 Å². The largest absolute Gasteiger partial charge is 0.488 e. The summed E-state index contributed by atoms with van der Waals surface area (Å²) in [5.41, 5.74) is -2.22. The Morgan fingerprint density at radius 1 is 1.21 bits per heavy atom. The number of ether oxygens (including phenoxy) is 1. The van der Waals surface area contributed by atoms with E-state index in [1.165, 1.54) is 30.5 Å².